The molecule has 1 unspecified atom stereocenters. The minimum atomic E-state index is -0.0751. The number of ether oxygens (including phenoxy) is 1. The Labute approximate surface area is 202 Å². The highest BCUT2D eigenvalue weighted by molar-refractivity contribution is 7.20. The number of furan rings is 1. The SMILES string of the molecule is O=C1CCCN1C1CCN(C(c2ccco2)c2ccccc2Oc2nc3ncccc3s2)CC1. The second-order valence-electron chi connectivity index (χ2n) is 8.82. The minimum absolute atomic E-state index is 0.0751. The summed E-state index contributed by atoms with van der Waals surface area (Å²) < 4.78 is 13.2. The number of carbonyl (C=O) groups excluding carboxylic acids is 1. The van der Waals surface area contributed by atoms with E-state index in [-0.39, 0.29) is 6.04 Å². The van der Waals surface area contributed by atoms with E-state index >= 15 is 0 Å². The van der Waals surface area contributed by atoms with Crippen LogP contribution in [-0.4, -0.2) is 51.4 Å². The Balaban J connectivity index is 1.28. The van der Waals surface area contributed by atoms with Gasteiger partial charge in [-0.2, -0.15) is 4.98 Å². The van der Waals surface area contributed by atoms with Gasteiger partial charge in [0.25, 0.3) is 5.19 Å². The molecule has 1 atom stereocenters. The molecule has 0 N–H and O–H groups in total. The summed E-state index contributed by atoms with van der Waals surface area (Å²) in [7, 11) is 0. The van der Waals surface area contributed by atoms with Gasteiger partial charge < -0.3 is 14.1 Å². The zero-order valence-corrected chi connectivity index (χ0v) is 19.6. The Morgan fingerprint density at radius 3 is 2.71 bits per heavy atom. The van der Waals surface area contributed by atoms with E-state index in [1.807, 2.05) is 42.5 Å². The van der Waals surface area contributed by atoms with Crippen molar-refractivity contribution in [2.45, 2.75) is 37.8 Å². The summed E-state index contributed by atoms with van der Waals surface area (Å²) in [6.45, 7) is 2.68. The van der Waals surface area contributed by atoms with E-state index < -0.39 is 0 Å². The van der Waals surface area contributed by atoms with Gasteiger partial charge in [0.15, 0.2) is 5.65 Å². The molecule has 2 saturated heterocycles. The summed E-state index contributed by atoms with van der Waals surface area (Å²) in [6.07, 6.45) is 7.08. The third-order valence-electron chi connectivity index (χ3n) is 6.78. The molecule has 6 rings (SSSR count). The molecule has 3 aromatic heterocycles. The van der Waals surface area contributed by atoms with Crippen molar-refractivity contribution in [2.75, 3.05) is 19.6 Å². The summed E-state index contributed by atoms with van der Waals surface area (Å²) >= 11 is 1.49. The standard InChI is InChI=1S/C26H26N4O3S/c31-23-10-4-14-30(23)18-11-15-29(16-12-18)24(21-8-5-17-32-21)19-6-1-2-7-20(19)33-26-28-25-22(34-26)9-3-13-27-25/h1-3,5-9,13,17-18,24H,4,10-12,14-16H2. The number of hydrogen-bond acceptors (Lipinski definition) is 7. The molecule has 0 bridgehead atoms. The number of hydrogen-bond donors (Lipinski definition) is 0. The third kappa shape index (κ3) is 4.08. The van der Waals surface area contributed by atoms with Gasteiger partial charge in [0.1, 0.15) is 11.5 Å². The van der Waals surface area contributed by atoms with Crippen molar-refractivity contribution in [3.8, 4) is 10.9 Å². The van der Waals surface area contributed by atoms with Crippen LogP contribution in [0.4, 0.5) is 0 Å². The van der Waals surface area contributed by atoms with Crippen LogP contribution in [0, 0.1) is 0 Å². The van der Waals surface area contributed by atoms with E-state index in [1.165, 1.54) is 11.3 Å². The molecule has 7 nitrogen and oxygen atoms in total. The number of thiazole rings is 1. The number of benzene rings is 1. The van der Waals surface area contributed by atoms with Crippen molar-refractivity contribution in [1.29, 1.82) is 0 Å². The van der Waals surface area contributed by atoms with Crippen LogP contribution >= 0.6 is 11.3 Å². The van der Waals surface area contributed by atoms with E-state index in [4.69, 9.17) is 9.15 Å². The number of carbonyl (C=O) groups is 1. The molecule has 1 amide bonds. The van der Waals surface area contributed by atoms with Gasteiger partial charge in [-0.15, -0.1) is 0 Å². The normalized spacial score (nSPS) is 18.6. The molecule has 0 aliphatic carbocycles. The highest BCUT2D eigenvalue weighted by Gasteiger charge is 2.35. The summed E-state index contributed by atoms with van der Waals surface area (Å²) in [4.78, 5) is 25.7. The van der Waals surface area contributed by atoms with E-state index in [0.29, 0.717) is 29.2 Å². The van der Waals surface area contributed by atoms with Crippen molar-refractivity contribution < 1.29 is 13.9 Å². The molecule has 34 heavy (non-hydrogen) atoms. The van der Waals surface area contributed by atoms with E-state index in [1.54, 1.807) is 12.5 Å². The van der Waals surface area contributed by atoms with Crippen molar-refractivity contribution in [3.63, 3.8) is 0 Å². The number of likely N-dealkylation sites (tertiary alicyclic amines) is 2. The van der Waals surface area contributed by atoms with Crippen LogP contribution in [0.2, 0.25) is 0 Å². The predicted octanol–water partition coefficient (Wildman–Crippen LogP) is 5.25. The predicted molar refractivity (Wildman–Crippen MR) is 130 cm³/mol. The van der Waals surface area contributed by atoms with Crippen molar-refractivity contribution in [3.05, 3.63) is 72.3 Å². The molecule has 0 radical (unpaired) electrons. The first-order chi connectivity index (χ1) is 16.8. The molecule has 2 aliphatic heterocycles. The maximum absolute atomic E-state index is 12.3. The molecule has 8 heteroatoms. The quantitative estimate of drug-likeness (QED) is 0.380. The van der Waals surface area contributed by atoms with Crippen molar-refractivity contribution >= 4 is 27.6 Å². The largest absolute Gasteiger partial charge is 0.467 e. The van der Waals surface area contributed by atoms with Crippen LogP contribution in [0.5, 0.6) is 10.9 Å². The van der Waals surface area contributed by atoms with Crippen LogP contribution in [0.3, 0.4) is 0 Å². The lowest BCUT2D eigenvalue weighted by molar-refractivity contribution is -0.130. The van der Waals surface area contributed by atoms with Crippen LogP contribution in [-0.2, 0) is 4.79 Å². The lowest BCUT2D eigenvalue weighted by Crippen LogP contribution is -2.46. The average molecular weight is 475 g/mol. The molecule has 5 heterocycles. The van der Waals surface area contributed by atoms with Gasteiger partial charge in [-0.25, -0.2) is 4.98 Å². The van der Waals surface area contributed by atoms with E-state index in [0.717, 1.165) is 60.7 Å². The molecular formula is C26H26N4O3S. The number of para-hydroxylation sites is 1. The van der Waals surface area contributed by atoms with Gasteiger partial charge in [0.2, 0.25) is 5.91 Å². The molecule has 4 aromatic rings. The van der Waals surface area contributed by atoms with Crippen LogP contribution in [0.25, 0.3) is 10.3 Å². The van der Waals surface area contributed by atoms with E-state index in [9.17, 15) is 4.79 Å². The number of rotatable bonds is 6. The smallest absolute Gasteiger partial charge is 0.281 e. The fourth-order valence-electron chi connectivity index (χ4n) is 5.17. The monoisotopic (exact) mass is 474 g/mol. The second kappa shape index (κ2) is 9.19. The van der Waals surface area contributed by atoms with Crippen LogP contribution in [0.1, 0.15) is 43.0 Å². The molecule has 2 fully saturated rings. The zero-order valence-electron chi connectivity index (χ0n) is 18.8. The average Bonchev–Trinajstić information content (AvgIpc) is 3.62. The Bertz CT molecular complexity index is 1250. The molecule has 0 spiro atoms. The maximum atomic E-state index is 12.3. The molecule has 1 aromatic carbocycles. The van der Waals surface area contributed by atoms with E-state index in [2.05, 4.69) is 25.8 Å². The highest BCUT2D eigenvalue weighted by atomic mass is 32.1. The lowest BCUT2D eigenvalue weighted by atomic mass is 9.96. The van der Waals surface area contributed by atoms with Gasteiger partial charge in [-0.3, -0.25) is 9.69 Å². The Morgan fingerprint density at radius 1 is 1.06 bits per heavy atom. The fraction of sp³-hybridized carbons (Fsp3) is 0.346. The number of pyridine rings is 1. The summed E-state index contributed by atoms with van der Waals surface area (Å²) in [5, 5.41) is 0.575. The summed E-state index contributed by atoms with van der Waals surface area (Å²) in [5.41, 5.74) is 1.74. The number of fused-ring (bicyclic) bond motifs is 1. The number of piperidine rings is 1. The second-order valence-corrected chi connectivity index (χ2v) is 9.81. The number of amides is 1. The first-order valence-electron chi connectivity index (χ1n) is 11.8. The Hall–Kier alpha value is -3.23. The molecular weight excluding hydrogens is 448 g/mol. The fourth-order valence-corrected chi connectivity index (χ4v) is 5.96. The highest BCUT2D eigenvalue weighted by Crippen LogP contribution is 2.40. The van der Waals surface area contributed by atoms with Gasteiger partial charge in [-0.05, 0) is 49.6 Å². The Morgan fingerprint density at radius 2 is 1.94 bits per heavy atom. The molecule has 0 saturated carbocycles. The van der Waals surface area contributed by atoms with Gasteiger partial charge >= 0.3 is 0 Å². The van der Waals surface area contributed by atoms with Gasteiger partial charge in [0, 0.05) is 43.9 Å². The topological polar surface area (TPSA) is 71.7 Å². The first kappa shape index (κ1) is 21.3. The first-order valence-corrected chi connectivity index (χ1v) is 12.6. The number of aromatic nitrogens is 2. The maximum Gasteiger partial charge on any atom is 0.281 e. The molecule has 2 aliphatic rings. The summed E-state index contributed by atoms with van der Waals surface area (Å²) in [5.74, 6) is 1.96. The summed E-state index contributed by atoms with van der Waals surface area (Å²) in [6, 6.07) is 16.2. The molecule has 174 valence electrons. The van der Waals surface area contributed by atoms with Gasteiger partial charge in [0.05, 0.1) is 17.0 Å². The Kier molecular flexibility index (Phi) is 5.76. The zero-order chi connectivity index (χ0) is 22.9. The van der Waals surface area contributed by atoms with Crippen molar-refractivity contribution in [1.82, 2.24) is 19.8 Å². The van der Waals surface area contributed by atoms with Gasteiger partial charge in [-0.1, -0.05) is 29.5 Å². The number of nitrogens with zero attached hydrogens (tertiary/aromatic N) is 4. The lowest BCUT2D eigenvalue weighted by Gasteiger charge is -2.40. The minimum Gasteiger partial charge on any atom is -0.467 e. The van der Waals surface area contributed by atoms with Crippen LogP contribution < -0.4 is 4.74 Å². The third-order valence-corrected chi connectivity index (χ3v) is 7.67. The van der Waals surface area contributed by atoms with Crippen LogP contribution in [0.15, 0.2) is 65.4 Å². The van der Waals surface area contributed by atoms with Crippen molar-refractivity contribution in [2.24, 2.45) is 0 Å².